The Morgan fingerprint density at radius 3 is 1.50 bits per heavy atom. The number of benzene rings is 4. The maximum absolute atomic E-state index is 12.0. The molecule has 10 atom stereocenters. The van der Waals surface area contributed by atoms with Crippen LogP contribution in [-0.2, 0) is 41.4 Å². The molecule has 2 aliphatic rings. The quantitative estimate of drug-likeness (QED) is 0.0920. The first-order valence-corrected chi connectivity index (χ1v) is 21.7. The minimum absolute atomic E-state index is 0.134. The lowest BCUT2D eigenvalue weighted by Gasteiger charge is -2.44. The molecule has 0 aliphatic carbocycles. The van der Waals surface area contributed by atoms with Crippen LogP contribution in [0, 0.1) is 5.92 Å². The number of ether oxygens (including phenoxy) is 6. The molecule has 2 saturated heterocycles. The Morgan fingerprint density at radius 1 is 0.613 bits per heavy atom. The van der Waals surface area contributed by atoms with Crippen LogP contribution in [0.15, 0.2) is 84.9 Å². The van der Waals surface area contributed by atoms with E-state index in [0.29, 0.717) is 41.7 Å². The third-order valence-electron chi connectivity index (χ3n) is 11.0. The van der Waals surface area contributed by atoms with Gasteiger partial charge in [0.25, 0.3) is 0 Å². The summed E-state index contributed by atoms with van der Waals surface area (Å²) in [6.07, 6.45) is -6.17. The number of hydrogen-bond donors (Lipinski definition) is 4. The van der Waals surface area contributed by atoms with Gasteiger partial charge < -0.3 is 48.8 Å². The van der Waals surface area contributed by atoms with E-state index in [4.69, 9.17) is 51.6 Å². The summed E-state index contributed by atoms with van der Waals surface area (Å²) in [5.74, 6) is 0.609. The molecule has 6 rings (SSSR count). The molecule has 0 aromatic heterocycles. The molecule has 2 heterocycles. The summed E-state index contributed by atoms with van der Waals surface area (Å²) in [5, 5.41) is 40.9. The number of rotatable bonds is 14. The normalized spacial score (nSPS) is 25.8. The maximum atomic E-state index is 12.0. The van der Waals surface area contributed by atoms with Gasteiger partial charge in [-0.25, -0.2) is 0 Å². The summed E-state index contributed by atoms with van der Waals surface area (Å²) < 4.78 is 34.3. The highest BCUT2D eigenvalue weighted by Gasteiger charge is 2.48. The van der Waals surface area contributed by atoms with Crippen molar-refractivity contribution in [1.82, 2.24) is 0 Å². The van der Waals surface area contributed by atoms with Crippen molar-refractivity contribution in [3.05, 3.63) is 128 Å². The van der Waals surface area contributed by atoms with Gasteiger partial charge in [-0.2, -0.15) is 0 Å². The summed E-state index contributed by atoms with van der Waals surface area (Å²) in [6, 6.07) is 26.5. The molecule has 4 N–H and O–H groups in total. The average Bonchev–Trinajstić information content (AvgIpc) is 3.25. The Bertz CT molecular complexity index is 2060. The second-order valence-electron chi connectivity index (χ2n) is 15.5. The van der Waals surface area contributed by atoms with Crippen LogP contribution in [-0.4, -0.2) is 94.9 Å². The van der Waals surface area contributed by atoms with E-state index in [-0.39, 0.29) is 12.0 Å². The van der Waals surface area contributed by atoms with Crippen molar-refractivity contribution in [3.63, 3.8) is 0 Å². The Morgan fingerprint density at radius 2 is 1.06 bits per heavy atom. The predicted octanol–water partition coefficient (Wildman–Crippen LogP) is 7.52. The van der Waals surface area contributed by atoms with Crippen LogP contribution in [0.5, 0.6) is 11.5 Å². The molecule has 0 amide bonds. The van der Waals surface area contributed by atoms with E-state index in [1.165, 1.54) is 13.8 Å². The van der Waals surface area contributed by atoms with E-state index in [1.807, 2.05) is 100 Å². The molecule has 62 heavy (non-hydrogen) atoms. The smallest absolute Gasteiger partial charge is 0.303 e. The molecule has 0 bridgehead atoms. The SMILES string of the molecule is CCOc1ccc(Cc2cc([C@@H]3O[C@H](CC)[C@@H](C)[C@H](OC(C)=O)[C@H]3OC(C)=O)ccc2Cl)cc1.CCOc1ccc(Cc2cc([C@@H]3O[C@H](CO)[C@@H](O)[C@H](O)[C@H]3O)ccc2Cl)cc1. The molecule has 0 spiro atoms. The lowest BCUT2D eigenvalue weighted by molar-refractivity contribution is -0.231. The van der Waals surface area contributed by atoms with Crippen molar-refractivity contribution in [2.45, 2.75) is 116 Å². The molecule has 0 unspecified atom stereocenters. The number of carbonyl (C=O) groups is 2. The van der Waals surface area contributed by atoms with Crippen molar-refractivity contribution in [1.29, 1.82) is 0 Å². The number of aliphatic hydroxyl groups excluding tert-OH is 4. The van der Waals surface area contributed by atoms with E-state index in [9.17, 15) is 30.0 Å². The van der Waals surface area contributed by atoms with Gasteiger partial charge in [-0.3, -0.25) is 9.59 Å². The van der Waals surface area contributed by atoms with Gasteiger partial charge in [0.15, 0.2) is 6.10 Å². The highest BCUT2D eigenvalue weighted by atomic mass is 35.5. The molecule has 4 aromatic rings. The molecule has 0 saturated carbocycles. The van der Waals surface area contributed by atoms with Gasteiger partial charge in [-0.15, -0.1) is 0 Å². The van der Waals surface area contributed by atoms with Crippen LogP contribution in [0.3, 0.4) is 0 Å². The zero-order chi connectivity index (χ0) is 45.1. The summed E-state index contributed by atoms with van der Waals surface area (Å²) in [4.78, 5) is 23.8. The number of esters is 2. The Kier molecular flexibility index (Phi) is 18.0. The largest absolute Gasteiger partial charge is 0.494 e. The number of aliphatic hydroxyl groups is 4. The van der Waals surface area contributed by atoms with Crippen molar-refractivity contribution < 1.29 is 58.4 Å². The zero-order valence-corrected chi connectivity index (χ0v) is 37.4. The van der Waals surface area contributed by atoms with E-state index in [2.05, 4.69) is 0 Å². The van der Waals surface area contributed by atoms with Gasteiger partial charge in [-0.1, -0.05) is 85.6 Å². The summed E-state index contributed by atoms with van der Waals surface area (Å²) >= 11 is 12.9. The Balaban J connectivity index is 0.000000238. The summed E-state index contributed by atoms with van der Waals surface area (Å²) in [6.45, 7) is 11.3. The van der Waals surface area contributed by atoms with Crippen LogP contribution < -0.4 is 9.47 Å². The minimum atomic E-state index is -1.42. The highest BCUT2D eigenvalue weighted by molar-refractivity contribution is 6.31. The van der Waals surface area contributed by atoms with Crippen LogP contribution >= 0.6 is 23.2 Å². The van der Waals surface area contributed by atoms with E-state index < -0.39 is 67.4 Å². The molecule has 2 aliphatic heterocycles. The van der Waals surface area contributed by atoms with Crippen molar-refractivity contribution in [2.24, 2.45) is 5.92 Å². The number of hydrogen-bond acceptors (Lipinski definition) is 12. The van der Waals surface area contributed by atoms with Crippen LogP contribution in [0.25, 0.3) is 0 Å². The van der Waals surface area contributed by atoms with Gasteiger partial charge in [0, 0.05) is 29.8 Å². The van der Waals surface area contributed by atoms with Gasteiger partial charge in [-0.05, 0) is 103 Å². The van der Waals surface area contributed by atoms with Gasteiger partial charge in [0.1, 0.15) is 54.2 Å². The van der Waals surface area contributed by atoms with Crippen LogP contribution in [0.4, 0.5) is 0 Å². The topological polar surface area (TPSA) is 170 Å². The molecule has 2 fully saturated rings. The van der Waals surface area contributed by atoms with E-state index >= 15 is 0 Å². The fraction of sp³-hybridized carbons (Fsp3) is 0.458. The van der Waals surface area contributed by atoms with E-state index in [1.54, 1.807) is 12.1 Å². The van der Waals surface area contributed by atoms with Gasteiger partial charge in [0.05, 0.1) is 25.9 Å². The third kappa shape index (κ3) is 12.5. The molecule has 12 nitrogen and oxygen atoms in total. The molecule has 14 heteroatoms. The maximum Gasteiger partial charge on any atom is 0.303 e. The molecular weight excluding hydrogens is 839 g/mol. The van der Waals surface area contributed by atoms with Crippen molar-refractivity contribution >= 4 is 35.1 Å². The van der Waals surface area contributed by atoms with E-state index in [0.717, 1.165) is 45.7 Å². The van der Waals surface area contributed by atoms with Gasteiger partial charge >= 0.3 is 11.9 Å². The average molecular weight is 898 g/mol. The van der Waals surface area contributed by atoms with Crippen LogP contribution in [0.2, 0.25) is 10.0 Å². The van der Waals surface area contributed by atoms with Crippen molar-refractivity contribution in [2.75, 3.05) is 19.8 Å². The monoisotopic (exact) mass is 896 g/mol. The van der Waals surface area contributed by atoms with Crippen molar-refractivity contribution in [3.8, 4) is 11.5 Å². The molecule has 4 aromatic carbocycles. The predicted molar refractivity (Wildman–Crippen MR) is 235 cm³/mol. The number of halogens is 2. The van der Waals surface area contributed by atoms with Gasteiger partial charge in [0.2, 0.25) is 0 Å². The molecule has 336 valence electrons. The fourth-order valence-corrected chi connectivity index (χ4v) is 8.24. The Hall–Kier alpha value is -4.24. The first-order chi connectivity index (χ1) is 29.7. The molecular formula is C48H58Cl2O12. The lowest BCUT2D eigenvalue weighted by Crippen LogP contribution is -2.55. The first-order valence-electron chi connectivity index (χ1n) is 21.0. The highest BCUT2D eigenvalue weighted by Crippen LogP contribution is 2.41. The second kappa shape index (κ2) is 22.9. The molecule has 0 radical (unpaired) electrons. The standard InChI is InChI=1S/C27H33ClO6.C21H25ClO6/c1-6-24-16(3)25(32-17(4)29)27(33-18(5)30)26(34-24)20-10-13-23(28)21(15-20)14-19-8-11-22(12-9-19)31-7-2;1-2-27-15-6-3-12(4-7-15)9-14-10-13(5-8-16(14)22)21-20(26)19(25)18(24)17(11-23)28-21/h8-13,15-16,24-27H,6-7,14H2,1-5H3;3-8,10,17-21,23-26H,2,9,11H2,1H3/t16-,24-,25+,26+,27-;17-,18-,19+,20-,21+/m11/s1. The zero-order valence-electron chi connectivity index (χ0n) is 35.9. The lowest BCUT2D eigenvalue weighted by atomic mass is 9.84. The number of carbonyl (C=O) groups excluding carboxylic acids is 2. The fourth-order valence-electron chi connectivity index (χ4n) is 7.87. The summed E-state index contributed by atoms with van der Waals surface area (Å²) in [7, 11) is 0. The minimum Gasteiger partial charge on any atom is -0.494 e. The second-order valence-corrected chi connectivity index (χ2v) is 16.3. The first kappa shape index (κ1) is 48.8. The Labute approximate surface area is 373 Å². The van der Waals surface area contributed by atoms with Crippen LogP contribution in [0.1, 0.15) is 93.6 Å². The summed E-state index contributed by atoms with van der Waals surface area (Å²) in [5.41, 5.74) is 5.31. The third-order valence-corrected chi connectivity index (χ3v) is 11.7.